The van der Waals surface area contributed by atoms with E-state index >= 15 is 0 Å². The SMILES string of the molecule is COCOc1ccc(C2CC2)cc1Sc1ccc(CC[C@@](CCCO)(COP(=O)(OC)OC)NC(=O)OC(C)(C)C)c(Cl)c1. The molecule has 2 aromatic carbocycles. The molecule has 0 spiro atoms. The predicted molar refractivity (Wildman–Crippen MR) is 171 cm³/mol. The van der Waals surface area contributed by atoms with E-state index in [0.717, 1.165) is 21.1 Å². The molecule has 0 unspecified atom stereocenters. The van der Waals surface area contributed by atoms with Gasteiger partial charge in [0.15, 0.2) is 6.79 Å². The molecule has 13 heteroatoms. The zero-order valence-electron chi connectivity index (χ0n) is 26.4. The molecule has 44 heavy (non-hydrogen) atoms. The number of benzene rings is 2. The van der Waals surface area contributed by atoms with Crippen LogP contribution in [0.25, 0.3) is 0 Å². The minimum Gasteiger partial charge on any atom is -0.466 e. The number of methoxy groups -OCH3 is 1. The van der Waals surface area contributed by atoms with Crippen molar-refractivity contribution in [1.82, 2.24) is 5.32 Å². The fourth-order valence-electron chi connectivity index (χ4n) is 4.56. The van der Waals surface area contributed by atoms with Crippen molar-refractivity contribution in [1.29, 1.82) is 0 Å². The van der Waals surface area contributed by atoms with E-state index in [9.17, 15) is 14.5 Å². The number of amides is 1. The summed E-state index contributed by atoms with van der Waals surface area (Å²) in [7, 11) is 0.165. The van der Waals surface area contributed by atoms with Gasteiger partial charge in [0.05, 0.1) is 17.0 Å². The molecule has 1 amide bonds. The first-order valence-electron chi connectivity index (χ1n) is 14.5. The van der Waals surface area contributed by atoms with E-state index in [1.807, 2.05) is 24.3 Å². The molecule has 0 heterocycles. The Morgan fingerprint density at radius 3 is 2.41 bits per heavy atom. The standard InChI is InChI=1S/C31H45ClNO9PS/c1-30(2,3)42-29(35)33-31(15-7-17-34,20-41-43(36,38-5)39-6)16-14-23-10-12-25(19-26(23)32)44-28-18-24(22-8-9-22)11-13-27(28)40-21-37-4/h10-13,18-19,22,34H,7-9,14-17,20-21H2,1-6H3,(H,33,35)/t31-/m0/s1. The van der Waals surface area contributed by atoms with Crippen LogP contribution >= 0.6 is 31.2 Å². The fourth-order valence-corrected chi connectivity index (χ4v) is 6.66. The van der Waals surface area contributed by atoms with Crippen molar-refractivity contribution >= 4 is 37.3 Å². The molecule has 0 bridgehead atoms. The highest BCUT2D eigenvalue weighted by Gasteiger charge is 2.37. The van der Waals surface area contributed by atoms with Crippen molar-refractivity contribution in [2.45, 2.75) is 86.1 Å². The van der Waals surface area contributed by atoms with Gasteiger partial charge in [-0.15, -0.1) is 0 Å². The normalized spacial score (nSPS) is 15.1. The largest absolute Gasteiger partial charge is 0.474 e. The van der Waals surface area contributed by atoms with E-state index in [1.54, 1.807) is 39.6 Å². The first-order valence-corrected chi connectivity index (χ1v) is 17.2. The van der Waals surface area contributed by atoms with Gasteiger partial charge in [0.1, 0.15) is 11.4 Å². The number of alkyl carbamates (subject to hydrolysis) is 1. The van der Waals surface area contributed by atoms with Crippen LogP contribution in [0, 0.1) is 0 Å². The zero-order valence-corrected chi connectivity index (χ0v) is 28.8. The van der Waals surface area contributed by atoms with Crippen molar-refractivity contribution in [3.05, 3.63) is 52.5 Å². The second kappa shape index (κ2) is 16.7. The van der Waals surface area contributed by atoms with Crippen molar-refractivity contribution in [3.63, 3.8) is 0 Å². The summed E-state index contributed by atoms with van der Waals surface area (Å²) in [6.07, 6.45) is 3.17. The molecule has 3 rings (SSSR count). The van der Waals surface area contributed by atoms with Crippen LogP contribution in [0.2, 0.25) is 5.02 Å². The zero-order chi connectivity index (χ0) is 32.4. The number of aliphatic hydroxyl groups excluding tert-OH is 1. The second-order valence-corrected chi connectivity index (χ2v) is 15.1. The Kier molecular flexibility index (Phi) is 13.9. The maximum absolute atomic E-state index is 12.9. The monoisotopic (exact) mass is 673 g/mol. The molecular formula is C31H45ClNO9PS. The number of phosphoric ester groups is 1. The summed E-state index contributed by atoms with van der Waals surface area (Å²) in [6.45, 7) is 5.11. The van der Waals surface area contributed by atoms with Crippen LogP contribution < -0.4 is 10.1 Å². The van der Waals surface area contributed by atoms with E-state index in [2.05, 4.69) is 17.4 Å². The van der Waals surface area contributed by atoms with E-state index < -0.39 is 25.1 Å². The van der Waals surface area contributed by atoms with Gasteiger partial charge >= 0.3 is 13.9 Å². The van der Waals surface area contributed by atoms with Gasteiger partial charge in [0, 0.05) is 37.9 Å². The highest BCUT2D eigenvalue weighted by Crippen LogP contribution is 2.49. The lowest BCUT2D eigenvalue weighted by Crippen LogP contribution is -2.53. The molecule has 0 aliphatic heterocycles. The van der Waals surface area contributed by atoms with Crippen LogP contribution in [0.15, 0.2) is 46.2 Å². The van der Waals surface area contributed by atoms with Crippen LogP contribution in [0.5, 0.6) is 5.75 Å². The van der Waals surface area contributed by atoms with E-state index in [1.165, 1.54) is 32.6 Å². The Hall–Kier alpha value is -1.82. The Bertz CT molecular complexity index is 1280. The Labute approximate surface area is 270 Å². The summed E-state index contributed by atoms with van der Waals surface area (Å²) in [5, 5.41) is 13.1. The summed E-state index contributed by atoms with van der Waals surface area (Å²) in [5.41, 5.74) is 0.321. The molecule has 2 aromatic rings. The number of aliphatic hydroxyl groups is 1. The van der Waals surface area contributed by atoms with Crippen molar-refractivity contribution in [2.75, 3.05) is 41.3 Å². The number of halogens is 1. The van der Waals surface area contributed by atoms with Gasteiger partial charge in [-0.3, -0.25) is 13.6 Å². The number of carbonyl (C=O) groups excluding carboxylic acids is 1. The van der Waals surface area contributed by atoms with Crippen LogP contribution in [0.3, 0.4) is 0 Å². The third-order valence-corrected chi connectivity index (χ3v) is 9.72. The summed E-state index contributed by atoms with van der Waals surface area (Å²) in [6, 6.07) is 12.1. The highest BCUT2D eigenvalue weighted by molar-refractivity contribution is 7.99. The first-order chi connectivity index (χ1) is 20.8. The van der Waals surface area contributed by atoms with Crippen LogP contribution in [0.4, 0.5) is 4.79 Å². The number of ether oxygens (including phenoxy) is 3. The highest BCUT2D eigenvalue weighted by atomic mass is 35.5. The lowest BCUT2D eigenvalue weighted by Gasteiger charge is -2.36. The molecule has 1 atom stereocenters. The minimum atomic E-state index is -3.86. The van der Waals surface area contributed by atoms with Gasteiger partial charge in [0.2, 0.25) is 0 Å². The third-order valence-electron chi connectivity index (χ3n) is 7.00. The summed E-state index contributed by atoms with van der Waals surface area (Å²) in [4.78, 5) is 14.9. The number of phosphoric acid groups is 1. The maximum Gasteiger partial charge on any atom is 0.474 e. The molecule has 246 valence electrons. The van der Waals surface area contributed by atoms with Gasteiger partial charge in [-0.1, -0.05) is 35.5 Å². The topological polar surface area (TPSA) is 122 Å². The number of hydrogen-bond donors (Lipinski definition) is 2. The molecule has 1 saturated carbocycles. The van der Waals surface area contributed by atoms with Gasteiger partial charge in [-0.2, -0.15) is 0 Å². The summed E-state index contributed by atoms with van der Waals surface area (Å²) >= 11 is 8.36. The summed E-state index contributed by atoms with van der Waals surface area (Å²) in [5.74, 6) is 1.34. The van der Waals surface area contributed by atoms with E-state index in [-0.39, 0.29) is 20.0 Å². The first kappa shape index (κ1) is 36.6. The second-order valence-electron chi connectivity index (χ2n) is 11.7. The van der Waals surface area contributed by atoms with Gasteiger partial charge in [-0.05, 0) is 101 Å². The molecule has 0 saturated heterocycles. The number of carbonyl (C=O) groups is 1. The third kappa shape index (κ3) is 11.5. The number of hydrogen-bond acceptors (Lipinski definition) is 10. The molecular weight excluding hydrogens is 629 g/mol. The number of aryl methyl sites for hydroxylation is 1. The van der Waals surface area contributed by atoms with Crippen molar-refractivity contribution < 1.29 is 42.2 Å². The van der Waals surface area contributed by atoms with Crippen molar-refractivity contribution in [2.24, 2.45) is 0 Å². The number of rotatable bonds is 18. The molecule has 1 aliphatic rings. The van der Waals surface area contributed by atoms with Crippen LogP contribution in [-0.4, -0.2) is 63.7 Å². The molecule has 0 aromatic heterocycles. The average molecular weight is 674 g/mol. The maximum atomic E-state index is 12.9. The van der Waals surface area contributed by atoms with Gasteiger partial charge in [0.25, 0.3) is 0 Å². The molecule has 10 nitrogen and oxygen atoms in total. The van der Waals surface area contributed by atoms with Crippen molar-refractivity contribution in [3.8, 4) is 5.75 Å². The smallest absolute Gasteiger partial charge is 0.466 e. The summed E-state index contributed by atoms with van der Waals surface area (Å²) < 4.78 is 44.7. The van der Waals surface area contributed by atoms with E-state index in [0.29, 0.717) is 36.6 Å². The predicted octanol–water partition coefficient (Wildman–Crippen LogP) is 7.74. The van der Waals surface area contributed by atoms with Crippen LogP contribution in [-0.2, 0) is 34.0 Å². The molecule has 2 N–H and O–H groups in total. The Morgan fingerprint density at radius 1 is 1.09 bits per heavy atom. The quantitative estimate of drug-likeness (QED) is 0.120. The number of nitrogens with one attached hydrogen (secondary N) is 1. The Morgan fingerprint density at radius 2 is 1.82 bits per heavy atom. The lowest BCUT2D eigenvalue weighted by molar-refractivity contribution is 0.0342. The Balaban J connectivity index is 1.83. The van der Waals surface area contributed by atoms with Gasteiger partial charge < -0.3 is 24.6 Å². The minimum absolute atomic E-state index is 0.116. The van der Waals surface area contributed by atoms with Gasteiger partial charge in [-0.25, -0.2) is 9.36 Å². The molecule has 1 fully saturated rings. The van der Waals surface area contributed by atoms with Crippen LogP contribution in [0.1, 0.15) is 69.9 Å². The van der Waals surface area contributed by atoms with E-state index in [4.69, 9.17) is 39.4 Å². The average Bonchev–Trinajstić information content (AvgIpc) is 3.82. The fraction of sp³-hybridized carbons (Fsp3) is 0.581. The lowest BCUT2D eigenvalue weighted by atomic mass is 9.87. The molecule has 0 radical (unpaired) electrons. The molecule has 1 aliphatic carbocycles.